The first-order chi connectivity index (χ1) is 14.6. The summed E-state index contributed by atoms with van der Waals surface area (Å²) in [4.78, 5) is 4.58. The average molecular weight is 407 g/mol. The molecule has 0 fully saturated rings. The fraction of sp³-hybridized carbons (Fsp3) is 0.375. The lowest BCUT2D eigenvalue weighted by Gasteiger charge is -2.10. The average Bonchev–Trinajstić information content (AvgIpc) is 3.45. The molecule has 2 N–H and O–H groups in total. The second kappa shape index (κ2) is 11.1. The van der Waals surface area contributed by atoms with Gasteiger partial charge in [-0.25, -0.2) is 0 Å². The Labute approximate surface area is 178 Å². The number of nitrogens with two attached hydrogens (primary N) is 1. The van der Waals surface area contributed by atoms with Gasteiger partial charge in [0, 0.05) is 11.1 Å². The van der Waals surface area contributed by atoms with Crippen molar-refractivity contribution >= 4 is 0 Å². The summed E-state index contributed by atoms with van der Waals surface area (Å²) in [6, 6.07) is 13.7. The number of aryl methyl sites for hydroxylation is 1. The minimum atomic E-state index is 0.0157. The van der Waals surface area contributed by atoms with Crippen molar-refractivity contribution in [2.24, 2.45) is 5.73 Å². The van der Waals surface area contributed by atoms with E-state index in [1.165, 1.54) is 18.2 Å². The van der Waals surface area contributed by atoms with Crippen molar-refractivity contribution in [1.82, 2.24) is 10.1 Å². The summed E-state index contributed by atoms with van der Waals surface area (Å²) in [6.45, 7) is 7.89. The Morgan fingerprint density at radius 2 is 1.90 bits per heavy atom. The normalized spacial score (nSPS) is 11.5. The summed E-state index contributed by atoms with van der Waals surface area (Å²) in [5.74, 6) is 1.60. The van der Waals surface area contributed by atoms with E-state index in [4.69, 9.17) is 9.26 Å². The van der Waals surface area contributed by atoms with E-state index in [0.717, 1.165) is 24.8 Å². The highest BCUT2D eigenvalue weighted by atomic mass is 16.5. The Morgan fingerprint density at radius 3 is 2.60 bits per heavy atom. The molecule has 1 heterocycles. The Morgan fingerprint density at radius 1 is 1.13 bits per heavy atom. The number of nitrogens with zero attached hydrogens (tertiary/aromatic N) is 3. The molecule has 1 aromatic heterocycles. The molecule has 3 aromatic rings. The lowest BCUT2D eigenvalue weighted by molar-refractivity contribution is 0.242. The number of ether oxygens (including phenoxy) is 1. The topological polar surface area (TPSA) is 98.0 Å². The van der Waals surface area contributed by atoms with Gasteiger partial charge in [-0.1, -0.05) is 37.2 Å². The summed E-state index contributed by atoms with van der Waals surface area (Å²) in [5.41, 5.74) is 9.40. The van der Waals surface area contributed by atoms with Gasteiger partial charge in [0.15, 0.2) is 0 Å². The van der Waals surface area contributed by atoms with Crippen LogP contribution in [0, 0.1) is 11.3 Å². The number of hydrogen-bond acceptors (Lipinski definition) is 6. The van der Waals surface area contributed by atoms with Crippen LogP contribution >= 0.6 is 0 Å². The highest BCUT2D eigenvalue weighted by Gasteiger charge is 2.19. The van der Waals surface area contributed by atoms with E-state index in [-0.39, 0.29) is 6.10 Å². The second-order valence-corrected chi connectivity index (χ2v) is 6.74. The van der Waals surface area contributed by atoms with Gasteiger partial charge in [-0.3, -0.25) is 0 Å². The maximum Gasteiger partial charge on any atom is 0.258 e. The molecule has 6 nitrogen and oxygen atoms in total. The van der Waals surface area contributed by atoms with Crippen LogP contribution in [0.3, 0.4) is 0 Å². The van der Waals surface area contributed by atoms with Gasteiger partial charge < -0.3 is 15.0 Å². The number of fused-ring (bicyclic) bond motifs is 1. The minimum absolute atomic E-state index is 0.0157. The molecule has 6 heteroatoms. The van der Waals surface area contributed by atoms with E-state index in [1.54, 1.807) is 12.1 Å². The first-order valence-electron chi connectivity index (χ1n) is 10.4. The largest absolute Gasteiger partial charge is 0.491 e. The van der Waals surface area contributed by atoms with Crippen LogP contribution in [0.1, 0.15) is 50.8 Å². The monoisotopic (exact) mass is 406 g/mol. The molecule has 30 heavy (non-hydrogen) atoms. The van der Waals surface area contributed by atoms with Gasteiger partial charge in [0.1, 0.15) is 5.75 Å². The molecule has 0 saturated heterocycles. The standard InChI is InChI=1S/C21H19N3O2.C2H6.CH5N/c1-13(2)25-17-10-14(12-22)9-16(11-17)21-23-20(24-26-21)19-8-4-6-15-5-3-7-18(15)19;2*1-2/h4,6,8-11,13H,3,5,7H2,1-2H3;1-2H3;2H2,1H3. The lowest BCUT2D eigenvalue weighted by Crippen LogP contribution is -2.05. The van der Waals surface area contributed by atoms with Gasteiger partial charge in [0.25, 0.3) is 5.89 Å². The van der Waals surface area contributed by atoms with Crippen molar-refractivity contribution in [3.8, 4) is 34.7 Å². The zero-order valence-electron chi connectivity index (χ0n) is 18.4. The van der Waals surface area contributed by atoms with Crippen molar-refractivity contribution in [1.29, 1.82) is 5.26 Å². The van der Waals surface area contributed by atoms with E-state index in [9.17, 15) is 5.26 Å². The van der Waals surface area contributed by atoms with Crippen LogP contribution in [-0.4, -0.2) is 23.3 Å². The molecule has 0 amide bonds. The Bertz CT molecular complexity index is 1000. The van der Waals surface area contributed by atoms with E-state index >= 15 is 0 Å². The number of hydrogen-bond donors (Lipinski definition) is 1. The molecule has 1 aliphatic carbocycles. The number of benzene rings is 2. The smallest absolute Gasteiger partial charge is 0.258 e. The molecule has 0 atom stereocenters. The predicted molar refractivity (Wildman–Crippen MR) is 119 cm³/mol. The molecule has 0 saturated carbocycles. The SMILES string of the molecule is CC.CC(C)Oc1cc(C#N)cc(-c2nc(-c3cccc4c3CCC4)no2)c1.CN. The van der Waals surface area contributed by atoms with Crippen molar-refractivity contribution in [2.75, 3.05) is 7.05 Å². The summed E-state index contributed by atoms with van der Waals surface area (Å²) in [6.07, 6.45) is 3.33. The summed E-state index contributed by atoms with van der Waals surface area (Å²) >= 11 is 0. The third-order valence-corrected chi connectivity index (χ3v) is 4.47. The van der Waals surface area contributed by atoms with Crippen LogP contribution in [0.4, 0.5) is 0 Å². The third kappa shape index (κ3) is 5.25. The summed E-state index contributed by atoms with van der Waals surface area (Å²) in [5, 5.41) is 13.5. The number of rotatable bonds is 4. The Hall–Kier alpha value is -3.17. The van der Waals surface area contributed by atoms with Crippen LogP contribution < -0.4 is 10.5 Å². The first-order valence-corrected chi connectivity index (χ1v) is 10.4. The number of aromatic nitrogens is 2. The van der Waals surface area contributed by atoms with Crippen LogP contribution in [0.25, 0.3) is 22.8 Å². The zero-order valence-corrected chi connectivity index (χ0v) is 18.4. The molecule has 0 bridgehead atoms. The molecule has 4 rings (SSSR count). The van der Waals surface area contributed by atoms with Crippen molar-refractivity contribution in [3.63, 3.8) is 0 Å². The lowest BCUT2D eigenvalue weighted by atomic mass is 10.0. The molecular weight excluding hydrogens is 376 g/mol. The van der Waals surface area contributed by atoms with E-state index in [0.29, 0.717) is 28.6 Å². The van der Waals surface area contributed by atoms with E-state index in [2.05, 4.69) is 28.0 Å². The van der Waals surface area contributed by atoms with Crippen molar-refractivity contribution < 1.29 is 9.26 Å². The van der Waals surface area contributed by atoms with Gasteiger partial charge in [-0.15, -0.1) is 0 Å². The maximum absolute atomic E-state index is 9.28. The Kier molecular flexibility index (Phi) is 8.57. The van der Waals surface area contributed by atoms with Crippen molar-refractivity contribution in [2.45, 2.75) is 53.1 Å². The van der Waals surface area contributed by atoms with E-state index < -0.39 is 0 Å². The molecule has 0 radical (unpaired) electrons. The highest BCUT2D eigenvalue weighted by molar-refractivity contribution is 5.66. The molecule has 1 aliphatic rings. The predicted octanol–water partition coefficient (Wildman–Crippen LogP) is 5.15. The zero-order chi connectivity index (χ0) is 22.1. The number of nitriles is 1. The molecular formula is C24H30N4O2. The van der Waals surface area contributed by atoms with Gasteiger partial charge in [0.2, 0.25) is 5.82 Å². The van der Waals surface area contributed by atoms with Crippen LogP contribution in [-0.2, 0) is 12.8 Å². The molecule has 0 spiro atoms. The summed E-state index contributed by atoms with van der Waals surface area (Å²) in [7, 11) is 1.50. The van der Waals surface area contributed by atoms with Crippen molar-refractivity contribution in [3.05, 3.63) is 53.1 Å². The molecule has 158 valence electrons. The first kappa shape index (κ1) is 23.1. The third-order valence-electron chi connectivity index (χ3n) is 4.47. The maximum atomic E-state index is 9.28. The van der Waals surface area contributed by atoms with Crippen LogP contribution in [0.15, 0.2) is 40.9 Å². The highest BCUT2D eigenvalue weighted by Crippen LogP contribution is 2.33. The molecule has 0 aliphatic heterocycles. The molecule has 0 unspecified atom stereocenters. The quantitative estimate of drug-likeness (QED) is 0.643. The second-order valence-electron chi connectivity index (χ2n) is 6.74. The fourth-order valence-corrected chi connectivity index (χ4v) is 3.41. The summed E-state index contributed by atoms with van der Waals surface area (Å²) < 4.78 is 11.2. The van der Waals surface area contributed by atoms with Gasteiger partial charge in [-0.05, 0) is 69.5 Å². The van der Waals surface area contributed by atoms with Gasteiger partial charge in [0.05, 0.1) is 17.7 Å². The Balaban J connectivity index is 0.000000757. The molecule has 2 aromatic carbocycles. The van der Waals surface area contributed by atoms with Gasteiger partial charge >= 0.3 is 0 Å². The van der Waals surface area contributed by atoms with Gasteiger partial charge in [-0.2, -0.15) is 10.2 Å². The van der Waals surface area contributed by atoms with Crippen LogP contribution in [0.5, 0.6) is 5.75 Å². The van der Waals surface area contributed by atoms with E-state index in [1.807, 2.05) is 45.9 Å². The minimum Gasteiger partial charge on any atom is -0.491 e. The van der Waals surface area contributed by atoms with Crippen LogP contribution in [0.2, 0.25) is 0 Å². The fourth-order valence-electron chi connectivity index (χ4n) is 3.41.